The minimum absolute atomic E-state index is 0.0708. The molecule has 1 unspecified atom stereocenters. The van der Waals surface area contributed by atoms with Crippen molar-refractivity contribution in [2.75, 3.05) is 38.6 Å². The zero-order valence-electron chi connectivity index (χ0n) is 12.1. The Kier molecular flexibility index (Phi) is 4.92. The number of aromatic nitrogens is 1. The Balaban J connectivity index is 1.91. The van der Waals surface area contributed by atoms with Crippen LogP contribution in [0.15, 0.2) is 12.3 Å². The predicted octanol–water partition coefficient (Wildman–Crippen LogP) is 0.423. The molecule has 1 aromatic rings. The van der Waals surface area contributed by atoms with Gasteiger partial charge in [-0.05, 0) is 19.9 Å². The standard InChI is InChI=1S/C14H22N4O2/c1-10(9-18-3-5-20-6-4-18)17-14(19)13-7-12(15)8-16-11(13)2/h7-8,10H,3-6,9,15H2,1-2H3,(H,17,19). The Labute approximate surface area is 119 Å². The number of nitrogens with one attached hydrogen (secondary N) is 1. The first-order valence-electron chi connectivity index (χ1n) is 6.89. The SMILES string of the molecule is Cc1ncc(N)cc1C(=O)NC(C)CN1CCOCC1. The Bertz CT molecular complexity index is 472. The van der Waals surface area contributed by atoms with Crippen LogP contribution in [0.2, 0.25) is 0 Å². The van der Waals surface area contributed by atoms with Crippen molar-refractivity contribution in [2.45, 2.75) is 19.9 Å². The van der Waals surface area contributed by atoms with Crippen molar-refractivity contribution in [2.24, 2.45) is 0 Å². The predicted molar refractivity (Wildman–Crippen MR) is 77.6 cm³/mol. The molecule has 0 aliphatic carbocycles. The maximum Gasteiger partial charge on any atom is 0.253 e. The summed E-state index contributed by atoms with van der Waals surface area (Å²) < 4.78 is 5.31. The summed E-state index contributed by atoms with van der Waals surface area (Å²) in [6.07, 6.45) is 1.56. The van der Waals surface area contributed by atoms with Crippen molar-refractivity contribution in [1.29, 1.82) is 0 Å². The summed E-state index contributed by atoms with van der Waals surface area (Å²) in [6.45, 7) is 7.99. The minimum Gasteiger partial charge on any atom is -0.397 e. The van der Waals surface area contributed by atoms with E-state index in [9.17, 15) is 4.79 Å². The summed E-state index contributed by atoms with van der Waals surface area (Å²) in [4.78, 5) is 18.6. The molecule has 1 amide bonds. The van der Waals surface area contributed by atoms with Gasteiger partial charge in [0.25, 0.3) is 5.91 Å². The van der Waals surface area contributed by atoms with E-state index in [1.165, 1.54) is 0 Å². The molecule has 6 nitrogen and oxygen atoms in total. The first-order valence-corrected chi connectivity index (χ1v) is 6.89. The molecule has 2 rings (SSSR count). The van der Waals surface area contributed by atoms with E-state index >= 15 is 0 Å². The molecule has 1 aliphatic rings. The smallest absolute Gasteiger partial charge is 0.253 e. The number of hydrogen-bond donors (Lipinski definition) is 2. The first kappa shape index (κ1) is 14.7. The Hall–Kier alpha value is -1.66. The topological polar surface area (TPSA) is 80.5 Å². The van der Waals surface area contributed by atoms with Crippen molar-refractivity contribution in [3.63, 3.8) is 0 Å². The third-order valence-corrected chi connectivity index (χ3v) is 3.37. The van der Waals surface area contributed by atoms with Gasteiger partial charge in [-0.15, -0.1) is 0 Å². The van der Waals surface area contributed by atoms with Crippen molar-refractivity contribution < 1.29 is 9.53 Å². The highest BCUT2D eigenvalue weighted by Crippen LogP contribution is 2.09. The number of nitrogens with two attached hydrogens (primary N) is 1. The van der Waals surface area contributed by atoms with Crippen molar-refractivity contribution in [3.05, 3.63) is 23.5 Å². The molecule has 1 aromatic heterocycles. The molecule has 0 aromatic carbocycles. The second-order valence-corrected chi connectivity index (χ2v) is 5.19. The molecule has 1 saturated heterocycles. The van der Waals surface area contributed by atoms with Crippen LogP contribution in [-0.2, 0) is 4.74 Å². The lowest BCUT2D eigenvalue weighted by molar-refractivity contribution is 0.0342. The van der Waals surface area contributed by atoms with E-state index in [2.05, 4.69) is 15.2 Å². The summed E-state index contributed by atoms with van der Waals surface area (Å²) in [6, 6.07) is 1.74. The highest BCUT2D eigenvalue weighted by atomic mass is 16.5. The molecule has 110 valence electrons. The summed E-state index contributed by atoms with van der Waals surface area (Å²) >= 11 is 0. The average molecular weight is 278 g/mol. The van der Waals surface area contributed by atoms with Crippen LogP contribution in [0, 0.1) is 6.92 Å². The minimum atomic E-state index is -0.122. The lowest BCUT2D eigenvalue weighted by Gasteiger charge is -2.29. The van der Waals surface area contributed by atoms with Crippen LogP contribution in [0.5, 0.6) is 0 Å². The molecule has 3 N–H and O–H groups in total. The maximum atomic E-state index is 12.2. The Morgan fingerprint density at radius 1 is 1.55 bits per heavy atom. The molecule has 6 heteroatoms. The van der Waals surface area contributed by atoms with E-state index in [0.29, 0.717) is 16.9 Å². The van der Waals surface area contributed by atoms with Crippen LogP contribution in [0.3, 0.4) is 0 Å². The van der Waals surface area contributed by atoms with Crippen LogP contribution < -0.4 is 11.1 Å². The van der Waals surface area contributed by atoms with Crippen molar-refractivity contribution in [1.82, 2.24) is 15.2 Å². The largest absolute Gasteiger partial charge is 0.397 e. The van der Waals surface area contributed by atoms with Crippen LogP contribution in [-0.4, -0.2) is 54.7 Å². The van der Waals surface area contributed by atoms with Gasteiger partial charge in [-0.3, -0.25) is 14.7 Å². The number of pyridine rings is 1. The zero-order chi connectivity index (χ0) is 14.5. The number of morpholine rings is 1. The van der Waals surface area contributed by atoms with Gasteiger partial charge < -0.3 is 15.8 Å². The molecule has 0 spiro atoms. The number of carbonyl (C=O) groups is 1. The number of amides is 1. The molecule has 1 aliphatic heterocycles. The second-order valence-electron chi connectivity index (χ2n) is 5.19. The molecular weight excluding hydrogens is 256 g/mol. The average Bonchev–Trinajstić information content (AvgIpc) is 2.42. The number of nitrogen functional groups attached to an aromatic ring is 1. The van der Waals surface area contributed by atoms with Gasteiger partial charge in [-0.1, -0.05) is 0 Å². The first-order chi connectivity index (χ1) is 9.56. The number of ether oxygens (including phenoxy) is 1. The summed E-state index contributed by atoms with van der Waals surface area (Å²) in [5.41, 5.74) is 7.41. The van der Waals surface area contributed by atoms with E-state index in [-0.39, 0.29) is 11.9 Å². The molecule has 2 heterocycles. The summed E-state index contributed by atoms with van der Waals surface area (Å²) in [5.74, 6) is -0.122. The fraction of sp³-hybridized carbons (Fsp3) is 0.571. The van der Waals surface area contributed by atoms with Crippen molar-refractivity contribution in [3.8, 4) is 0 Å². The van der Waals surface area contributed by atoms with Gasteiger partial charge in [0.15, 0.2) is 0 Å². The fourth-order valence-corrected chi connectivity index (χ4v) is 2.30. The summed E-state index contributed by atoms with van der Waals surface area (Å²) in [5, 5.41) is 2.99. The van der Waals surface area contributed by atoms with E-state index in [1.807, 2.05) is 6.92 Å². The van der Waals surface area contributed by atoms with E-state index < -0.39 is 0 Å². The lowest BCUT2D eigenvalue weighted by Crippen LogP contribution is -2.46. The molecule has 0 bridgehead atoms. The van der Waals surface area contributed by atoms with Crippen LogP contribution in [0.25, 0.3) is 0 Å². The molecule has 20 heavy (non-hydrogen) atoms. The van der Waals surface area contributed by atoms with E-state index in [4.69, 9.17) is 10.5 Å². The monoisotopic (exact) mass is 278 g/mol. The third-order valence-electron chi connectivity index (χ3n) is 3.37. The number of rotatable bonds is 4. The Morgan fingerprint density at radius 2 is 2.25 bits per heavy atom. The maximum absolute atomic E-state index is 12.2. The van der Waals surface area contributed by atoms with Gasteiger partial charge >= 0.3 is 0 Å². The normalized spacial score (nSPS) is 17.7. The van der Waals surface area contributed by atoms with E-state index in [0.717, 1.165) is 32.8 Å². The highest BCUT2D eigenvalue weighted by molar-refractivity contribution is 5.96. The van der Waals surface area contributed by atoms with Crippen LogP contribution in [0.1, 0.15) is 23.0 Å². The van der Waals surface area contributed by atoms with Gasteiger partial charge in [0, 0.05) is 25.7 Å². The number of hydrogen-bond acceptors (Lipinski definition) is 5. The lowest BCUT2D eigenvalue weighted by atomic mass is 10.1. The van der Waals surface area contributed by atoms with E-state index in [1.54, 1.807) is 19.2 Å². The number of carbonyl (C=O) groups excluding carboxylic acids is 1. The third kappa shape index (κ3) is 3.91. The van der Waals surface area contributed by atoms with Gasteiger partial charge in [0.1, 0.15) is 0 Å². The van der Waals surface area contributed by atoms with Crippen LogP contribution >= 0.6 is 0 Å². The summed E-state index contributed by atoms with van der Waals surface area (Å²) in [7, 11) is 0. The van der Waals surface area contributed by atoms with Crippen LogP contribution in [0.4, 0.5) is 5.69 Å². The zero-order valence-corrected chi connectivity index (χ0v) is 12.1. The Morgan fingerprint density at radius 3 is 2.95 bits per heavy atom. The fourth-order valence-electron chi connectivity index (χ4n) is 2.30. The molecule has 1 atom stereocenters. The number of aryl methyl sites for hydroxylation is 1. The van der Waals surface area contributed by atoms with Gasteiger partial charge in [-0.25, -0.2) is 0 Å². The van der Waals surface area contributed by atoms with Gasteiger partial charge in [0.2, 0.25) is 0 Å². The number of nitrogens with zero attached hydrogens (tertiary/aromatic N) is 2. The molecule has 0 saturated carbocycles. The molecule has 0 radical (unpaired) electrons. The van der Waals surface area contributed by atoms with Gasteiger partial charge in [0.05, 0.1) is 36.4 Å². The highest BCUT2D eigenvalue weighted by Gasteiger charge is 2.17. The quantitative estimate of drug-likeness (QED) is 0.834. The molecular formula is C14H22N4O2. The number of anilines is 1. The molecule has 1 fully saturated rings. The second kappa shape index (κ2) is 6.67. The van der Waals surface area contributed by atoms with Gasteiger partial charge in [-0.2, -0.15) is 0 Å². The van der Waals surface area contributed by atoms with Crippen molar-refractivity contribution >= 4 is 11.6 Å².